The number of halogens is 3. The molecule has 0 aliphatic heterocycles. The molecule has 1 amide bonds. The molecule has 0 saturated heterocycles. The van der Waals surface area contributed by atoms with Gasteiger partial charge < -0.3 is 5.32 Å². The van der Waals surface area contributed by atoms with Crippen molar-refractivity contribution in [2.24, 2.45) is 0 Å². The molecule has 6 nitrogen and oxygen atoms in total. The zero-order chi connectivity index (χ0) is 28.1. The predicted molar refractivity (Wildman–Crippen MR) is 150 cm³/mol. The molecule has 2 heterocycles. The third kappa shape index (κ3) is 6.60. The first-order valence-electron chi connectivity index (χ1n) is 12.3. The Hall–Kier alpha value is -3.96. The number of carbonyl (C=O) groups excluding carboxylic acids is 1. The van der Waals surface area contributed by atoms with E-state index in [9.17, 15) is 18.0 Å². The summed E-state index contributed by atoms with van der Waals surface area (Å²) in [6, 6.07) is 23.0. The van der Waals surface area contributed by atoms with Crippen LogP contribution < -0.4 is 5.32 Å². The largest absolute Gasteiger partial charge is 0.416 e. The second kappa shape index (κ2) is 12.1. The number of hydrogen-bond donors (Lipinski definition) is 1. The van der Waals surface area contributed by atoms with Gasteiger partial charge in [-0.2, -0.15) is 13.2 Å². The molecular weight excluding hydrogens is 555 g/mol. The maximum absolute atomic E-state index is 13.0. The summed E-state index contributed by atoms with van der Waals surface area (Å²) in [6.45, 7) is 2.01. The van der Waals surface area contributed by atoms with Crippen molar-refractivity contribution in [1.29, 1.82) is 0 Å². The fourth-order valence-corrected chi connectivity index (χ4v) is 5.84. The van der Waals surface area contributed by atoms with Gasteiger partial charge in [0.1, 0.15) is 16.5 Å². The van der Waals surface area contributed by atoms with E-state index < -0.39 is 17.6 Å². The van der Waals surface area contributed by atoms with Gasteiger partial charge in [-0.1, -0.05) is 72.4 Å². The summed E-state index contributed by atoms with van der Waals surface area (Å²) < 4.78 is 40.9. The number of nitrogens with zero attached hydrogens (tertiary/aromatic N) is 4. The highest BCUT2D eigenvalue weighted by atomic mass is 32.2. The van der Waals surface area contributed by atoms with Crippen LogP contribution in [0.3, 0.4) is 0 Å². The Morgan fingerprint density at radius 3 is 2.50 bits per heavy atom. The first-order chi connectivity index (χ1) is 19.3. The maximum atomic E-state index is 13.0. The monoisotopic (exact) mass is 579 g/mol. The minimum absolute atomic E-state index is 0.0336. The average Bonchev–Trinajstić information content (AvgIpc) is 3.58. The number of aromatic nitrogens is 4. The van der Waals surface area contributed by atoms with E-state index in [-0.39, 0.29) is 12.2 Å². The first kappa shape index (κ1) is 27.6. The molecule has 0 radical (unpaired) electrons. The van der Waals surface area contributed by atoms with E-state index in [1.165, 1.54) is 35.2 Å². The Labute approximate surface area is 237 Å². The number of carbonyl (C=O) groups is 1. The maximum Gasteiger partial charge on any atom is 0.416 e. The van der Waals surface area contributed by atoms with Crippen molar-refractivity contribution < 1.29 is 18.0 Å². The van der Waals surface area contributed by atoms with Crippen LogP contribution >= 0.6 is 23.1 Å². The van der Waals surface area contributed by atoms with E-state index in [0.29, 0.717) is 22.9 Å². The van der Waals surface area contributed by atoms with E-state index in [1.54, 1.807) is 5.38 Å². The molecule has 11 heteroatoms. The zero-order valence-corrected chi connectivity index (χ0v) is 23.0. The normalized spacial score (nSPS) is 11.5. The van der Waals surface area contributed by atoms with Gasteiger partial charge in [0.2, 0.25) is 0 Å². The summed E-state index contributed by atoms with van der Waals surface area (Å²) in [6.07, 6.45) is -3.82. The van der Waals surface area contributed by atoms with Crippen LogP contribution in [0.25, 0.3) is 5.69 Å². The highest BCUT2D eigenvalue weighted by Crippen LogP contribution is 2.30. The molecule has 40 heavy (non-hydrogen) atoms. The smallest absolute Gasteiger partial charge is 0.347 e. The molecule has 2 aromatic heterocycles. The molecular formula is C29H24F3N5OS2. The molecule has 1 N–H and O–H groups in total. The number of nitrogens with one attached hydrogen (secondary N) is 1. The van der Waals surface area contributed by atoms with Crippen LogP contribution in [0, 0.1) is 6.92 Å². The number of para-hydroxylation sites is 1. The summed E-state index contributed by atoms with van der Waals surface area (Å²) in [4.78, 5) is 17.1. The Balaban J connectivity index is 1.27. The van der Waals surface area contributed by atoms with E-state index in [4.69, 9.17) is 0 Å². The number of thioether (sulfide) groups is 1. The Bertz CT molecular complexity index is 1620. The summed E-state index contributed by atoms with van der Waals surface area (Å²) in [5.74, 6) is 0.843. The SMILES string of the molecule is Cc1ccccc1-n1c(Cc2ccccc2)nnc1SCc1nc(C(=O)NCc2cccc(C(F)(F)F)c2)cs1. The summed E-state index contributed by atoms with van der Waals surface area (Å²) in [5.41, 5.74) is 3.04. The van der Waals surface area contributed by atoms with Gasteiger partial charge in [-0.3, -0.25) is 9.36 Å². The third-order valence-corrected chi connectivity index (χ3v) is 8.05. The van der Waals surface area contributed by atoms with Gasteiger partial charge in [0.15, 0.2) is 5.16 Å². The minimum Gasteiger partial charge on any atom is -0.347 e. The van der Waals surface area contributed by atoms with Crippen LogP contribution in [-0.2, 0) is 24.9 Å². The Kier molecular flexibility index (Phi) is 8.32. The van der Waals surface area contributed by atoms with Crippen molar-refractivity contribution in [3.63, 3.8) is 0 Å². The van der Waals surface area contributed by atoms with Crippen molar-refractivity contribution in [1.82, 2.24) is 25.1 Å². The predicted octanol–water partition coefficient (Wildman–Crippen LogP) is 6.86. The molecule has 0 aliphatic rings. The fraction of sp³-hybridized carbons (Fsp3) is 0.172. The molecule has 5 aromatic rings. The number of alkyl halides is 3. The molecule has 3 aromatic carbocycles. The number of amides is 1. The van der Waals surface area contributed by atoms with Crippen LogP contribution in [0.4, 0.5) is 13.2 Å². The summed E-state index contributed by atoms with van der Waals surface area (Å²) >= 11 is 2.81. The van der Waals surface area contributed by atoms with Crippen molar-refractivity contribution in [2.45, 2.75) is 37.0 Å². The van der Waals surface area contributed by atoms with E-state index >= 15 is 0 Å². The van der Waals surface area contributed by atoms with Crippen LogP contribution in [0.5, 0.6) is 0 Å². The Morgan fingerprint density at radius 2 is 1.73 bits per heavy atom. The highest BCUT2D eigenvalue weighted by molar-refractivity contribution is 7.98. The van der Waals surface area contributed by atoms with Crippen molar-refractivity contribution >= 4 is 29.0 Å². The van der Waals surface area contributed by atoms with Crippen LogP contribution in [-0.4, -0.2) is 25.7 Å². The number of benzene rings is 3. The quantitative estimate of drug-likeness (QED) is 0.193. The molecule has 0 aliphatic carbocycles. The molecule has 0 atom stereocenters. The van der Waals surface area contributed by atoms with E-state index in [0.717, 1.165) is 39.8 Å². The van der Waals surface area contributed by atoms with Gasteiger partial charge in [0.05, 0.1) is 17.0 Å². The van der Waals surface area contributed by atoms with Crippen molar-refractivity contribution in [3.05, 3.63) is 123 Å². The van der Waals surface area contributed by atoms with Crippen LogP contribution in [0.15, 0.2) is 89.4 Å². The number of hydrogen-bond acceptors (Lipinski definition) is 6. The molecule has 5 rings (SSSR count). The molecule has 0 spiro atoms. The summed E-state index contributed by atoms with van der Waals surface area (Å²) in [5, 5.41) is 14.7. The number of thiazole rings is 1. The van der Waals surface area contributed by atoms with Gasteiger partial charge in [0, 0.05) is 18.3 Å². The van der Waals surface area contributed by atoms with Gasteiger partial charge in [-0.15, -0.1) is 21.5 Å². The zero-order valence-electron chi connectivity index (χ0n) is 21.4. The topological polar surface area (TPSA) is 72.7 Å². The van der Waals surface area contributed by atoms with Gasteiger partial charge in [-0.05, 0) is 41.8 Å². The van der Waals surface area contributed by atoms with Crippen molar-refractivity contribution in [2.75, 3.05) is 0 Å². The molecule has 0 bridgehead atoms. The van der Waals surface area contributed by atoms with E-state index in [2.05, 4.69) is 37.2 Å². The second-order valence-corrected chi connectivity index (χ2v) is 10.9. The first-order valence-corrected chi connectivity index (χ1v) is 14.2. The fourth-order valence-electron chi connectivity index (χ4n) is 4.08. The van der Waals surface area contributed by atoms with E-state index in [1.807, 2.05) is 49.4 Å². The molecule has 0 fully saturated rings. The average molecular weight is 580 g/mol. The van der Waals surface area contributed by atoms with Crippen LogP contribution in [0.1, 0.15) is 43.6 Å². The third-order valence-electron chi connectivity index (χ3n) is 6.08. The molecule has 0 unspecified atom stereocenters. The standard InChI is InChI=1S/C29H24F3N5OS2/c1-19-8-5-6-13-24(19)37-25(15-20-9-3-2-4-10-20)35-36-28(37)40-18-26-34-23(17-39-26)27(38)33-16-21-11-7-12-22(14-21)29(30,31)32/h2-14,17H,15-16,18H2,1H3,(H,33,38). The molecule has 0 saturated carbocycles. The van der Waals surface area contributed by atoms with Crippen LogP contribution in [0.2, 0.25) is 0 Å². The number of aryl methyl sites for hydroxylation is 1. The Morgan fingerprint density at radius 1 is 0.975 bits per heavy atom. The van der Waals surface area contributed by atoms with Gasteiger partial charge in [0.25, 0.3) is 5.91 Å². The molecule has 204 valence electrons. The lowest BCUT2D eigenvalue weighted by molar-refractivity contribution is -0.137. The second-order valence-electron chi connectivity index (χ2n) is 8.98. The lowest BCUT2D eigenvalue weighted by Gasteiger charge is -2.12. The van der Waals surface area contributed by atoms with Gasteiger partial charge in [-0.25, -0.2) is 4.98 Å². The lowest BCUT2D eigenvalue weighted by Crippen LogP contribution is -2.23. The minimum atomic E-state index is -4.44. The number of rotatable bonds is 9. The van der Waals surface area contributed by atoms with Gasteiger partial charge >= 0.3 is 6.18 Å². The lowest BCUT2D eigenvalue weighted by atomic mass is 10.1. The summed E-state index contributed by atoms with van der Waals surface area (Å²) in [7, 11) is 0. The highest BCUT2D eigenvalue weighted by Gasteiger charge is 2.30. The van der Waals surface area contributed by atoms with Crippen molar-refractivity contribution in [3.8, 4) is 5.69 Å².